The highest BCUT2D eigenvalue weighted by Crippen LogP contribution is 2.28. The number of rotatable bonds is 5. The highest BCUT2D eigenvalue weighted by molar-refractivity contribution is 9.09. The lowest BCUT2D eigenvalue weighted by Gasteiger charge is -2.28. The maximum atomic E-state index is 11.3. The first-order valence-electron chi connectivity index (χ1n) is 6.13. The standard InChI is InChI=1S/C14H21BrO3S/c1-14(2,3)11(9-15)10-18-12-5-7-13(8-6-12)19(4,16)17/h5-8,11H,9-10H2,1-4H3. The Morgan fingerprint density at radius 3 is 2.11 bits per heavy atom. The Labute approximate surface area is 124 Å². The van der Waals surface area contributed by atoms with Gasteiger partial charge in [-0.3, -0.25) is 0 Å². The Bertz CT molecular complexity index is 500. The van der Waals surface area contributed by atoms with Crippen molar-refractivity contribution < 1.29 is 13.2 Å². The number of ether oxygens (including phenoxy) is 1. The molecule has 0 N–H and O–H groups in total. The fourth-order valence-electron chi connectivity index (χ4n) is 1.51. The van der Waals surface area contributed by atoms with Gasteiger partial charge >= 0.3 is 0 Å². The Kier molecular flexibility index (Phi) is 5.44. The van der Waals surface area contributed by atoms with Crippen molar-refractivity contribution in [3.8, 4) is 5.75 Å². The Hall–Kier alpha value is -0.550. The fourth-order valence-corrected chi connectivity index (χ4v) is 3.29. The molecule has 108 valence electrons. The van der Waals surface area contributed by atoms with E-state index in [4.69, 9.17) is 4.74 Å². The summed E-state index contributed by atoms with van der Waals surface area (Å²) in [5.74, 6) is 1.09. The van der Waals surface area contributed by atoms with Crippen molar-refractivity contribution in [2.75, 3.05) is 18.2 Å². The van der Waals surface area contributed by atoms with Crippen LogP contribution in [0.15, 0.2) is 29.2 Å². The van der Waals surface area contributed by atoms with Crippen molar-refractivity contribution in [1.82, 2.24) is 0 Å². The van der Waals surface area contributed by atoms with Gasteiger partial charge in [0.15, 0.2) is 9.84 Å². The first-order chi connectivity index (χ1) is 8.64. The van der Waals surface area contributed by atoms with Gasteiger partial charge in [0, 0.05) is 17.5 Å². The molecule has 5 heteroatoms. The minimum atomic E-state index is -3.14. The zero-order chi connectivity index (χ0) is 14.7. The first-order valence-corrected chi connectivity index (χ1v) is 9.15. The van der Waals surface area contributed by atoms with Crippen LogP contribution in [-0.4, -0.2) is 26.6 Å². The summed E-state index contributed by atoms with van der Waals surface area (Å²) in [5.41, 5.74) is 0.163. The molecular formula is C14H21BrO3S. The van der Waals surface area contributed by atoms with Crippen LogP contribution in [0.1, 0.15) is 20.8 Å². The van der Waals surface area contributed by atoms with E-state index >= 15 is 0 Å². The van der Waals surface area contributed by atoms with E-state index in [1.165, 1.54) is 6.26 Å². The monoisotopic (exact) mass is 348 g/mol. The van der Waals surface area contributed by atoms with Crippen molar-refractivity contribution >= 4 is 25.8 Å². The van der Waals surface area contributed by atoms with Crippen LogP contribution in [0, 0.1) is 11.3 Å². The summed E-state index contributed by atoms with van der Waals surface area (Å²) in [7, 11) is -3.14. The van der Waals surface area contributed by atoms with Gasteiger partial charge in [0.05, 0.1) is 11.5 Å². The average Bonchev–Trinajstić information content (AvgIpc) is 2.27. The largest absolute Gasteiger partial charge is 0.493 e. The molecule has 0 heterocycles. The number of halogens is 1. The van der Waals surface area contributed by atoms with Gasteiger partial charge in [-0.2, -0.15) is 0 Å². The normalized spacial score (nSPS) is 14.2. The van der Waals surface area contributed by atoms with Gasteiger partial charge in [-0.05, 0) is 29.7 Å². The van der Waals surface area contributed by atoms with E-state index in [9.17, 15) is 8.42 Å². The van der Waals surface area contributed by atoms with Crippen molar-refractivity contribution in [1.29, 1.82) is 0 Å². The van der Waals surface area contributed by atoms with Crippen molar-refractivity contribution in [2.24, 2.45) is 11.3 Å². The molecule has 19 heavy (non-hydrogen) atoms. The van der Waals surface area contributed by atoms with Crippen LogP contribution in [0.4, 0.5) is 0 Å². The Morgan fingerprint density at radius 2 is 1.74 bits per heavy atom. The second-order valence-corrected chi connectivity index (χ2v) is 8.44. The highest BCUT2D eigenvalue weighted by Gasteiger charge is 2.24. The molecule has 1 rings (SSSR count). The minimum absolute atomic E-state index is 0.163. The molecule has 0 aliphatic rings. The summed E-state index contributed by atoms with van der Waals surface area (Å²) in [5, 5.41) is 0.873. The molecule has 0 aromatic heterocycles. The van der Waals surface area contributed by atoms with E-state index in [1.807, 2.05) is 0 Å². The van der Waals surface area contributed by atoms with E-state index < -0.39 is 9.84 Å². The van der Waals surface area contributed by atoms with Crippen molar-refractivity contribution in [2.45, 2.75) is 25.7 Å². The van der Waals surface area contributed by atoms with Crippen LogP contribution in [0.2, 0.25) is 0 Å². The predicted octanol–water partition coefficient (Wildman–Crippen LogP) is 3.53. The molecule has 0 bridgehead atoms. The highest BCUT2D eigenvalue weighted by atomic mass is 79.9. The zero-order valence-corrected chi connectivity index (χ0v) is 14.2. The van der Waals surface area contributed by atoms with Crippen molar-refractivity contribution in [3.05, 3.63) is 24.3 Å². The van der Waals surface area contributed by atoms with Gasteiger partial charge in [0.1, 0.15) is 5.75 Å². The van der Waals surface area contributed by atoms with E-state index in [0.717, 1.165) is 5.33 Å². The second kappa shape index (κ2) is 6.27. The van der Waals surface area contributed by atoms with E-state index in [0.29, 0.717) is 23.2 Å². The van der Waals surface area contributed by atoms with Gasteiger partial charge in [0.25, 0.3) is 0 Å². The summed E-state index contributed by atoms with van der Waals surface area (Å²) < 4.78 is 28.4. The molecule has 0 amide bonds. The lowest BCUT2D eigenvalue weighted by Crippen LogP contribution is -2.27. The summed E-state index contributed by atoms with van der Waals surface area (Å²) in [4.78, 5) is 0.313. The number of alkyl halides is 1. The van der Waals surface area contributed by atoms with E-state index in [2.05, 4.69) is 36.7 Å². The van der Waals surface area contributed by atoms with Crippen LogP contribution >= 0.6 is 15.9 Å². The number of benzene rings is 1. The summed E-state index contributed by atoms with van der Waals surface area (Å²) in [6, 6.07) is 6.55. The van der Waals surface area contributed by atoms with Crippen LogP contribution < -0.4 is 4.74 Å². The number of sulfone groups is 1. The van der Waals surface area contributed by atoms with Gasteiger partial charge in [-0.25, -0.2) is 8.42 Å². The minimum Gasteiger partial charge on any atom is -0.493 e. The fraction of sp³-hybridized carbons (Fsp3) is 0.571. The molecule has 1 aromatic rings. The molecule has 0 radical (unpaired) electrons. The molecule has 3 nitrogen and oxygen atoms in total. The lowest BCUT2D eigenvalue weighted by molar-refractivity contribution is 0.166. The molecule has 0 aliphatic carbocycles. The molecule has 0 fully saturated rings. The molecule has 0 aliphatic heterocycles. The summed E-state index contributed by atoms with van der Waals surface area (Å²) in [6.45, 7) is 7.13. The molecular weight excluding hydrogens is 328 g/mol. The van der Waals surface area contributed by atoms with E-state index in [1.54, 1.807) is 24.3 Å². The third-order valence-electron chi connectivity index (χ3n) is 3.11. The number of hydrogen-bond acceptors (Lipinski definition) is 3. The average molecular weight is 349 g/mol. The summed E-state index contributed by atoms with van der Waals surface area (Å²) >= 11 is 3.50. The van der Waals surface area contributed by atoms with Crippen LogP contribution in [-0.2, 0) is 9.84 Å². The molecule has 1 atom stereocenters. The van der Waals surface area contributed by atoms with E-state index in [-0.39, 0.29) is 5.41 Å². The number of hydrogen-bond donors (Lipinski definition) is 0. The Balaban J connectivity index is 2.69. The van der Waals surface area contributed by atoms with Crippen LogP contribution in [0.5, 0.6) is 5.75 Å². The van der Waals surface area contributed by atoms with Gasteiger partial charge in [-0.1, -0.05) is 36.7 Å². The summed E-state index contributed by atoms with van der Waals surface area (Å²) in [6.07, 6.45) is 1.20. The molecule has 0 saturated carbocycles. The quantitative estimate of drug-likeness (QED) is 0.764. The Morgan fingerprint density at radius 1 is 1.21 bits per heavy atom. The second-order valence-electron chi connectivity index (χ2n) is 5.77. The first kappa shape index (κ1) is 16.5. The van der Waals surface area contributed by atoms with Gasteiger partial charge in [-0.15, -0.1) is 0 Å². The molecule has 0 saturated heterocycles. The molecule has 1 aromatic carbocycles. The lowest BCUT2D eigenvalue weighted by atomic mass is 9.83. The third-order valence-corrected chi connectivity index (χ3v) is 5.02. The SMILES string of the molecule is CC(C)(C)C(CBr)COc1ccc(S(C)(=O)=O)cc1. The topological polar surface area (TPSA) is 43.4 Å². The van der Waals surface area contributed by atoms with Crippen molar-refractivity contribution in [3.63, 3.8) is 0 Å². The van der Waals surface area contributed by atoms with Crippen LogP contribution in [0.25, 0.3) is 0 Å². The van der Waals surface area contributed by atoms with Gasteiger partial charge in [0.2, 0.25) is 0 Å². The smallest absolute Gasteiger partial charge is 0.175 e. The molecule has 1 unspecified atom stereocenters. The molecule has 0 spiro atoms. The maximum Gasteiger partial charge on any atom is 0.175 e. The third kappa shape index (κ3) is 5.15. The maximum absolute atomic E-state index is 11.3. The van der Waals surface area contributed by atoms with Crippen LogP contribution in [0.3, 0.4) is 0 Å². The van der Waals surface area contributed by atoms with Gasteiger partial charge < -0.3 is 4.74 Å². The zero-order valence-electron chi connectivity index (χ0n) is 11.8. The predicted molar refractivity (Wildman–Crippen MR) is 81.8 cm³/mol.